The number of nitrogens with zero attached hydrogens (tertiary/aromatic N) is 5. The van der Waals surface area contributed by atoms with Crippen LogP contribution >= 0.6 is 0 Å². The van der Waals surface area contributed by atoms with E-state index < -0.39 is 17.7 Å². The van der Waals surface area contributed by atoms with Gasteiger partial charge in [-0.1, -0.05) is 43.5 Å². The molecule has 0 unspecified atom stereocenters. The number of amides is 1. The van der Waals surface area contributed by atoms with Crippen LogP contribution in [0.3, 0.4) is 0 Å². The van der Waals surface area contributed by atoms with E-state index in [4.69, 9.17) is 9.15 Å². The zero-order chi connectivity index (χ0) is 29.0. The molecular formula is C30H36N6O5. The molecular weight excluding hydrogens is 524 g/mol. The summed E-state index contributed by atoms with van der Waals surface area (Å²) < 4.78 is 12.6. The molecule has 1 aromatic carbocycles. The van der Waals surface area contributed by atoms with Crippen LogP contribution in [-0.4, -0.2) is 42.3 Å². The average Bonchev–Trinajstić information content (AvgIpc) is 3.60. The Morgan fingerprint density at radius 2 is 1.88 bits per heavy atom. The number of rotatable bonds is 9. The molecule has 41 heavy (non-hydrogen) atoms. The van der Waals surface area contributed by atoms with Crippen LogP contribution in [0.15, 0.2) is 53.4 Å². The molecule has 1 saturated carbocycles. The van der Waals surface area contributed by atoms with Crippen molar-refractivity contribution in [3.63, 3.8) is 0 Å². The van der Waals surface area contributed by atoms with Crippen molar-refractivity contribution in [3.05, 3.63) is 65.9 Å². The van der Waals surface area contributed by atoms with Crippen LogP contribution in [0.2, 0.25) is 0 Å². The van der Waals surface area contributed by atoms with Gasteiger partial charge in [0.25, 0.3) is 0 Å². The summed E-state index contributed by atoms with van der Waals surface area (Å²) in [6.45, 7) is 5.51. The number of aliphatic carboxylic acids is 1. The summed E-state index contributed by atoms with van der Waals surface area (Å²) in [6, 6.07) is 11.9. The van der Waals surface area contributed by atoms with Gasteiger partial charge in [-0.3, -0.25) is 4.79 Å². The topological polar surface area (TPSA) is 136 Å². The number of anilines is 2. The van der Waals surface area contributed by atoms with E-state index in [0.29, 0.717) is 29.6 Å². The number of nitrogens with one attached hydrogen (secondary N) is 1. The van der Waals surface area contributed by atoms with E-state index in [1.807, 2.05) is 18.2 Å². The molecule has 1 aliphatic rings. The van der Waals surface area contributed by atoms with Crippen molar-refractivity contribution in [2.24, 2.45) is 0 Å². The third-order valence-corrected chi connectivity index (χ3v) is 7.02. The Kier molecular flexibility index (Phi) is 8.23. The smallest absolute Gasteiger partial charge is 0.417 e. The number of fused-ring (bicyclic) bond motifs is 1. The highest BCUT2D eigenvalue weighted by atomic mass is 16.6. The van der Waals surface area contributed by atoms with E-state index in [0.717, 1.165) is 5.56 Å². The van der Waals surface area contributed by atoms with Gasteiger partial charge in [-0.25, -0.2) is 14.7 Å². The van der Waals surface area contributed by atoms with Crippen molar-refractivity contribution in [2.75, 3.05) is 10.2 Å². The first-order valence-electron chi connectivity index (χ1n) is 14.0. The number of aromatic nitrogens is 4. The van der Waals surface area contributed by atoms with Gasteiger partial charge < -0.3 is 24.1 Å². The second-order valence-corrected chi connectivity index (χ2v) is 11.4. The zero-order valence-electron chi connectivity index (χ0n) is 23.7. The van der Waals surface area contributed by atoms with Gasteiger partial charge in [0.2, 0.25) is 5.95 Å². The molecule has 3 aromatic heterocycles. The minimum Gasteiger partial charge on any atom is -0.480 e. The molecule has 11 nitrogen and oxygen atoms in total. The number of hydrogen-bond donors (Lipinski definition) is 2. The van der Waals surface area contributed by atoms with Gasteiger partial charge in [-0.05, 0) is 62.8 Å². The first kappa shape index (κ1) is 28.1. The Bertz CT molecular complexity index is 1480. The molecule has 1 fully saturated rings. The van der Waals surface area contributed by atoms with E-state index in [2.05, 4.69) is 32.4 Å². The first-order valence-corrected chi connectivity index (χ1v) is 14.0. The molecule has 0 atom stereocenters. The molecule has 0 spiro atoms. The number of furan rings is 1. The standard InChI is InChI=1S/C30H36N6O5/c1-30(2,3)41-29(39)36(17-20-11-13-22(14-12-20)21-8-5-4-6-9-21)28-33-26(31-16-23-10-7-15-40-23)25-27(34-28)35(19-32-25)18-24(37)38/h7,10-15,19,21H,4-6,8-9,16-18H2,1-3H3,(H,37,38)(H,31,33,34). The number of ether oxygens (including phenoxy) is 1. The van der Waals surface area contributed by atoms with Gasteiger partial charge in [0.15, 0.2) is 17.0 Å². The molecule has 0 aliphatic heterocycles. The van der Waals surface area contributed by atoms with Crippen LogP contribution in [0.25, 0.3) is 11.2 Å². The third-order valence-electron chi connectivity index (χ3n) is 7.02. The normalized spacial score (nSPS) is 14.2. The SMILES string of the molecule is CC(C)(C)OC(=O)N(Cc1ccc(C2CCCCC2)cc1)c1nc(NCc2ccco2)c2ncn(CC(=O)O)c2n1. The van der Waals surface area contributed by atoms with Crippen LogP contribution in [0.4, 0.5) is 16.6 Å². The van der Waals surface area contributed by atoms with Gasteiger partial charge in [0, 0.05) is 0 Å². The minimum atomic E-state index is -1.04. The largest absolute Gasteiger partial charge is 0.480 e. The third kappa shape index (κ3) is 7.03. The highest BCUT2D eigenvalue weighted by molar-refractivity contribution is 5.90. The molecule has 216 valence electrons. The molecule has 2 N–H and O–H groups in total. The van der Waals surface area contributed by atoms with Crippen molar-refractivity contribution >= 4 is 35.0 Å². The van der Waals surface area contributed by atoms with Crippen LogP contribution in [0.1, 0.15) is 75.7 Å². The van der Waals surface area contributed by atoms with E-state index in [9.17, 15) is 14.7 Å². The molecule has 11 heteroatoms. The lowest BCUT2D eigenvalue weighted by atomic mass is 9.84. The van der Waals surface area contributed by atoms with Crippen molar-refractivity contribution < 1.29 is 23.8 Å². The van der Waals surface area contributed by atoms with E-state index in [-0.39, 0.29) is 24.7 Å². The molecule has 5 rings (SSSR count). The van der Waals surface area contributed by atoms with E-state index >= 15 is 0 Å². The number of benzene rings is 1. The highest BCUT2D eigenvalue weighted by Crippen LogP contribution is 2.33. The maximum absolute atomic E-state index is 13.5. The fourth-order valence-corrected chi connectivity index (χ4v) is 5.07. The van der Waals surface area contributed by atoms with Crippen LogP contribution < -0.4 is 10.2 Å². The quantitative estimate of drug-likeness (QED) is 0.249. The van der Waals surface area contributed by atoms with Crippen molar-refractivity contribution in [1.82, 2.24) is 19.5 Å². The Morgan fingerprint density at radius 3 is 2.54 bits per heavy atom. The lowest BCUT2D eigenvalue weighted by molar-refractivity contribution is -0.137. The maximum Gasteiger partial charge on any atom is 0.417 e. The summed E-state index contributed by atoms with van der Waals surface area (Å²) in [4.78, 5) is 40.1. The lowest BCUT2D eigenvalue weighted by Crippen LogP contribution is -2.37. The highest BCUT2D eigenvalue weighted by Gasteiger charge is 2.28. The molecule has 0 saturated heterocycles. The Labute approximate surface area is 238 Å². The monoisotopic (exact) mass is 560 g/mol. The van der Waals surface area contributed by atoms with Crippen LogP contribution in [0.5, 0.6) is 0 Å². The number of carboxylic acid groups (broad SMARTS) is 1. The lowest BCUT2D eigenvalue weighted by Gasteiger charge is -2.27. The molecule has 4 aromatic rings. The summed E-state index contributed by atoms with van der Waals surface area (Å²) in [6.07, 6.45) is 8.58. The number of imidazole rings is 1. The van der Waals surface area contributed by atoms with E-state index in [1.54, 1.807) is 33.1 Å². The summed E-state index contributed by atoms with van der Waals surface area (Å²) in [7, 11) is 0. The Hall–Kier alpha value is -4.41. The zero-order valence-corrected chi connectivity index (χ0v) is 23.7. The van der Waals surface area contributed by atoms with Gasteiger partial charge in [0.05, 0.1) is 25.7 Å². The number of carbonyl (C=O) groups is 2. The van der Waals surface area contributed by atoms with Crippen molar-refractivity contribution in [2.45, 2.75) is 84.0 Å². The number of carbonyl (C=O) groups excluding carboxylic acids is 1. The summed E-state index contributed by atoms with van der Waals surface area (Å²) >= 11 is 0. The van der Waals surface area contributed by atoms with Crippen molar-refractivity contribution in [1.29, 1.82) is 0 Å². The van der Waals surface area contributed by atoms with Crippen LogP contribution in [-0.2, 0) is 29.2 Å². The summed E-state index contributed by atoms with van der Waals surface area (Å²) in [5.74, 6) is 0.605. The average molecular weight is 561 g/mol. The number of carboxylic acids is 1. The molecule has 0 bridgehead atoms. The molecule has 1 aliphatic carbocycles. The minimum absolute atomic E-state index is 0.0668. The maximum atomic E-state index is 13.5. The van der Waals surface area contributed by atoms with Crippen LogP contribution in [0, 0.1) is 0 Å². The van der Waals surface area contributed by atoms with Gasteiger partial charge in [-0.2, -0.15) is 9.97 Å². The fraction of sp³-hybridized carbons (Fsp3) is 0.433. The van der Waals surface area contributed by atoms with E-state index in [1.165, 1.54) is 53.5 Å². The van der Waals surface area contributed by atoms with Gasteiger partial charge in [-0.15, -0.1) is 0 Å². The Morgan fingerprint density at radius 1 is 1.12 bits per heavy atom. The predicted octanol–water partition coefficient (Wildman–Crippen LogP) is 6.11. The number of hydrogen-bond acceptors (Lipinski definition) is 8. The predicted molar refractivity (Wildman–Crippen MR) is 154 cm³/mol. The molecule has 1 amide bonds. The molecule has 3 heterocycles. The summed E-state index contributed by atoms with van der Waals surface area (Å²) in [5, 5.41) is 12.6. The van der Waals surface area contributed by atoms with Gasteiger partial charge >= 0.3 is 12.1 Å². The summed E-state index contributed by atoms with van der Waals surface area (Å²) in [5.41, 5.74) is 2.11. The Balaban J connectivity index is 1.51. The first-order chi connectivity index (χ1) is 19.7. The second-order valence-electron chi connectivity index (χ2n) is 11.4. The second kappa shape index (κ2) is 12.0. The molecule has 0 radical (unpaired) electrons. The fourth-order valence-electron chi connectivity index (χ4n) is 5.07. The van der Waals surface area contributed by atoms with Gasteiger partial charge in [0.1, 0.15) is 17.9 Å². The van der Waals surface area contributed by atoms with Crippen molar-refractivity contribution in [3.8, 4) is 0 Å².